The van der Waals surface area contributed by atoms with Crippen LogP contribution in [0.2, 0.25) is 0 Å². The van der Waals surface area contributed by atoms with E-state index in [0.717, 1.165) is 35.9 Å². The minimum absolute atomic E-state index is 0.107. The zero-order valence-electron chi connectivity index (χ0n) is 9.80. The van der Waals surface area contributed by atoms with Crippen molar-refractivity contribution in [2.24, 2.45) is 0 Å². The summed E-state index contributed by atoms with van der Waals surface area (Å²) in [6.07, 6.45) is 7.30. The summed E-state index contributed by atoms with van der Waals surface area (Å²) in [6, 6.07) is 6.27. The third kappa shape index (κ3) is 1.87. The average molecular weight is 228 g/mol. The maximum Gasteiger partial charge on any atom is 0.150 e. The first-order valence-electron chi connectivity index (χ1n) is 6.10. The number of aromatic nitrogens is 2. The predicted molar refractivity (Wildman–Crippen MR) is 68.7 cm³/mol. The van der Waals surface area contributed by atoms with Crippen LogP contribution in [0.3, 0.4) is 0 Å². The topological polar surface area (TPSA) is 27.1 Å². The van der Waals surface area contributed by atoms with E-state index in [-0.39, 0.29) is 6.23 Å². The Labute approximate surface area is 101 Å². The largest absolute Gasteiger partial charge is 0.356 e. The molecule has 0 unspecified atom stereocenters. The standard InChI is InChI=1S/C14H16N2O/c1-2-11-6-7-13-12(9-11)10-15-16(13)14-5-3-4-8-17-14/h2,6-7,9-10,14H,1,3-5,8H2/t14-/m1/s1. The lowest BCUT2D eigenvalue weighted by atomic mass is 10.1. The summed E-state index contributed by atoms with van der Waals surface area (Å²) in [5.41, 5.74) is 2.27. The Kier molecular flexibility index (Phi) is 2.69. The first kappa shape index (κ1) is 10.5. The minimum atomic E-state index is 0.107. The van der Waals surface area contributed by atoms with E-state index in [9.17, 15) is 0 Å². The summed E-state index contributed by atoms with van der Waals surface area (Å²) in [6.45, 7) is 4.63. The maximum absolute atomic E-state index is 5.77. The van der Waals surface area contributed by atoms with Gasteiger partial charge in [0.15, 0.2) is 6.23 Å². The molecule has 0 N–H and O–H groups in total. The van der Waals surface area contributed by atoms with Crippen LogP contribution in [0.15, 0.2) is 31.0 Å². The Hall–Kier alpha value is -1.61. The fraction of sp³-hybridized carbons (Fsp3) is 0.357. The third-order valence-corrected chi connectivity index (χ3v) is 3.28. The first-order valence-corrected chi connectivity index (χ1v) is 6.10. The molecule has 0 aliphatic carbocycles. The van der Waals surface area contributed by atoms with Gasteiger partial charge in [-0.15, -0.1) is 0 Å². The van der Waals surface area contributed by atoms with E-state index in [1.165, 1.54) is 6.42 Å². The lowest BCUT2D eigenvalue weighted by Gasteiger charge is -2.23. The molecule has 1 aliphatic heterocycles. The van der Waals surface area contributed by atoms with Gasteiger partial charge in [-0.05, 0) is 37.0 Å². The molecule has 0 saturated carbocycles. The Morgan fingerprint density at radius 1 is 1.41 bits per heavy atom. The highest BCUT2D eigenvalue weighted by atomic mass is 16.5. The van der Waals surface area contributed by atoms with Crippen molar-refractivity contribution in [1.29, 1.82) is 0 Å². The van der Waals surface area contributed by atoms with Crippen LogP contribution in [0.5, 0.6) is 0 Å². The number of benzene rings is 1. The van der Waals surface area contributed by atoms with E-state index >= 15 is 0 Å². The van der Waals surface area contributed by atoms with Crippen LogP contribution in [0, 0.1) is 0 Å². The molecule has 17 heavy (non-hydrogen) atoms. The van der Waals surface area contributed by atoms with Crippen LogP contribution < -0.4 is 0 Å². The van der Waals surface area contributed by atoms with Gasteiger partial charge in [0.2, 0.25) is 0 Å². The van der Waals surface area contributed by atoms with Crippen LogP contribution in [0.1, 0.15) is 31.1 Å². The van der Waals surface area contributed by atoms with Crippen molar-refractivity contribution in [3.8, 4) is 0 Å². The van der Waals surface area contributed by atoms with Crippen LogP contribution in [-0.4, -0.2) is 16.4 Å². The van der Waals surface area contributed by atoms with Gasteiger partial charge in [-0.1, -0.05) is 18.7 Å². The van der Waals surface area contributed by atoms with Crippen molar-refractivity contribution in [2.75, 3.05) is 6.61 Å². The van der Waals surface area contributed by atoms with Crippen LogP contribution in [0.4, 0.5) is 0 Å². The highest BCUT2D eigenvalue weighted by molar-refractivity contribution is 5.81. The van der Waals surface area contributed by atoms with Gasteiger partial charge >= 0.3 is 0 Å². The van der Waals surface area contributed by atoms with Crippen molar-refractivity contribution < 1.29 is 4.74 Å². The third-order valence-electron chi connectivity index (χ3n) is 3.28. The second-order valence-electron chi connectivity index (χ2n) is 4.43. The molecular weight excluding hydrogens is 212 g/mol. The maximum atomic E-state index is 5.77. The molecule has 1 fully saturated rings. The summed E-state index contributed by atoms with van der Waals surface area (Å²) in [5, 5.41) is 5.60. The molecule has 3 heteroatoms. The highest BCUT2D eigenvalue weighted by Crippen LogP contribution is 2.26. The summed E-state index contributed by atoms with van der Waals surface area (Å²) in [5.74, 6) is 0. The Morgan fingerprint density at radius 3 is 3.12 bits per heavy atom. The number of ether oxygens (including phenoxy) is 1. The van der Waals surface area contributed by atoms with Crippen molar-refractivity contribution in [2.45, 2.75) is 25.5 Å². The number of hydrogen-bond acceptors (Lipinski definition) is 2. The van der Waals surface area contributed by atoms with Crippen molar-refractivity contribution in [3.05, 3.63) is 36.5 Å². The molecule has 0 radical (unpaired) electrons. The molecule has 1 atom stereocenters. The van der Waals surface area contributed by atoms with Crippen LogP contribution in [-0.2, 0) is 4.74 Å². The highest BCUT2D eigenvalue weighted by Gasteiger charge is 2.18. The number of hydrogen-bond donors (Lipinski definition) is 0. The Balaban J connectivity index is 2.02. The zero-order valence-corrected chi connectivity index (χ0v) is 9.80. The van der Waals surface area contributed by atoms with E-state index in [1.54, 1.807) is 0 Å². The molecular formula is C14H16N2O. The van der Waals surface area contributed by atoms with E-state index < -0.39 is 0 Å². The van der Waals surface area contributed by atoms with Gasteiger partial charge in [-0.3, -0.25) is 0 Å². The normalized spacial score (nSPS) is 20.6. The van der Waals surface area contributed by atoms with Gasteiger partial charge in [0.05, 0.1) is 11.7 Å². The lowest BCUT2D eigenvalue weighted by Crippen LogP contribution is -2.18. The van der Waals surface area contributed by atoms with Gasteiger partial charge in [0.25, 0.3) is 0 Å². The molecule has 3 rings (SSSR count). The molecule has 2 aromatic rings. The quantitative estimate of drug-likeness (QED) is 0.788. The second-order valence-corrected chi connectivity index (χ2v) is 4.43. The van der Waals surface area contributed by atoms with E-state index in [2.05, 4.69) is 29.9 Å². The lowest BCUT2D eigenvalue weighted by molar-refractivity contribution is -0.0366. The van der Waals surface area contributed by atoms with E-state index in [4.69, 9.17) is 4.74 Å². The fourth-order valence-electron chi connectivity index (χ4n) is 2.34. The minimum Gasteiger partial charge on any atom is -0.356 e. The van der Waals surface area contributed by atoms with E-state index in [0.29, 0.717) is 0 Å². The molecule has 0 spiro atoms. The molecule has 0 amide bonds. The average Bonchev–Trinajstić information content (AvgIpc) is 2.82. The predicted octanol–water partition coefficient (Wildman–Crippen LogP) is 3.38. The molecule has 1 aromatic carbocycles. The summed E-state index contributed by atoms with van der Waals surface area (Å²) >= 11 is 0. The van der Waals surface area contributed by atoms with Gasteiger partial charge in [-0.2, -0.15) is 5.10 Å². The molecule has 1 aromatic heterocycles. The second kappa shape index (κ2) is 4.34. The molecule has 2 heterocycles. The zero-order chi connectivity index (χ0) is 11.7. The number of nitrogens with zero attached hydrogens (tertiary/aromatic N) is 2. The van der Waals surface area contributed by atoms with Crippen molar-refractivity contribution in [1.82, 2.24) is 9.78 Å². The molecule has 3 nitrogen and oxygen atoms in total. The molecule has 0 bridgehead atoms. The van der Waals surface area contributed by atoms with Gasteiger partial charge in [0.1, 0.15) is 0 Å². The van der Waals surface area contributed by atoms with Crippen molar-refractivity contribution in [3.63, 3.8) is 0 Å². The van der Waals surface area contributed by atoms with Crippen molar-refractivity contribution >= 4 is 17.0 Å². The number of rotatable bonds is 2. The first-order chi connectivity index (χ1) is 8.38. The molecule has 1 saturated heterocycles. The SMILES string of the molecule is C=Cc1ccc2c(cnn2[C@H]2CCCCO2)c1. The monoisotopic (exact) mass is 228 g/mol. The Morgan fingerprint density at radius 2 is 2.35 bits per heavy atom. The van der Waals surface area contributed by atoms with Crippen LogP contribution in [0.25, 0.3) is 17.0 Å². The van der Waals surface area contributed by atoms with Gasteiger partial charge < -0.3 is 4.74 Å². The van der Waals surface area contributed by atoms with Gasteiger partial charge in [0, 0.05) is 12.0 Å². The van der Waals surface area contributed by atoms with E-state index in [1.807, 2.05) is 17.0 Å². The molecule has 1 aliphatic rings. The summed E-state index contributed by atoms with van der Waals surface area (Å²) in [4.78, 5) is 0. The summed E-state index contributed by atoms with van der Waals surface area (Å²) < 4.78 is 7.77. The molecule has 88 valence electrons. The number of fused-ring (bicyclic) bond motifs is 1. The summed E-state index contributed by atoms with van der Waals surface area (Å²) in [7, 11) is 0. The van der Waals surface area contributed by atoms with Gasteiger partial charge in [-0.25, -0.2) is 4.68 Å². The smallest absolute Gasteiger partial charge is 0.150 e. The van der Waals surface area contributed by atoms with Crippen LogP contribution >= 0.6 is 0 Å². The fourth-order valence-corrected chi connectivity index (χ4v) is 2.34. The Bertz CT molecular complexity index is 538.